The van der Waals surface area contributed by atoms with Gasteiger partial charge in [0.05, 0.1) is 17.8 Å². The molecule has 2 unspecified atom stereocenters. The number of hydrogen-bond acceptors (Lipinski definition) is 3. The predicted molar refractivity (Wildman–Crippen MR) is 69.3 cm³/mol. The maximum atomic E-state index is 6.47. The van der Waals surface area contributed by atoms with Gasteiger partial charge in [-0.15, -0.1) is 0 Å². The van der Waals surface area contributed by atoms with Gasteiger partial charge in [0.25, 0.3) is 0 Å². The molecule has 0 aromatic heterocycles. The summed E-state index contributed by atoms with van der Waals surface area (Å²) in [5, 5.41) is 3.31. The first-order valence-corrected chi connectivity index (χ1v) is 7.13. The lowest BCUT2D eigenvalue weighted by Gasteiger charge is -2.37. The molecule has 0 aromatic carbocycles. The van der Waals surface area contributed by atoms with E-state index in [1.54, 1.807) is 0 Å². The number of likely N-dealkylation sites (N-methyl/N-ethyl adjacent to an activating group) is 1. The van der Waals surface area contributed by atoms with Crippen LogP contribution in [0.4, 0.5) is 0 Å². The summed E-state index contributed by atoms with van der Waals surface area (Å²) >= 11 is 0. The molecule has 0 aromatic rings. The Labute approximate surface area is 105 Å². The van der Waals surface area contributed by atoms with Gasteiger partial charge >= 0.3 is 0 Å². The topological polar surface area (TPSA) is 30.5 Å². The van der Waals surface area contributed by atoms with E-state index in [1.165, 1.54) is 44.9 Å². The Bertz CT molecular complexity index is 226. The third kappa shape index (κ3) is 3.43. The monoisotopic (exact) mass is 241 g/mol. The Hall–Kier alpha value is -0.120. The normalized spacial score (nSPS) is 32.8. The number of nitrogens with one attached hydrogen (secondary N) is 1. The highest BCUT2D eigenvalue weighted by atomic mass is 16.5. The quantitative estimate of drug-likeness (QED) is 0.802. The van der Waals surface area contributed by atoms with Gasteiger partial charge in [-0.3, -0.25) is 0 Å². The second-order valence-corrected chi connectivity index (χ2v) is 5.68. The summed E-state index contributed by atoms with van der Waals surface area (Å²) in [6.07, 6.45) is 10.7. The lowest BCUT2D eigenvalue weighted by atomic mass is 9.93. The number of hydrogen-bond donors (Lipinski definition) is 1. The van der Waals surface area contributed by atoms with Crippen molar-refractivity contribution >= 4 is 0 Å². The summed E-state index contributed by atoms with van der Waals surface area (Å²) in [5.41, 5.74) is 0.120. The molecule has 2 rings (SSSR count). The van der Waals surface area contributed by atoms with E-state index in [0.29, 0.717) is 12.2 Å². The van der Waals surface area contributed by atoms with E-state index in [1.807, 2.05) is 14.2 Å². The second kappa shape index (κ2) is 6.17. The van der Waals surface area contributed by atoms with Gasteiger partial charge in [0, 0.05) is 13.7 Å². The molecule has 2 aliphatic carbocycles. The number of rotatable bonds is 5. The highest BCUT2D eigenvalue weighted by Gasteiger charge is 2.37. The van der Waals surface area contributed by atoms with E-state index < -0.39 is 0 Å². The zero-order valence-electron chi connectivity index (χ0n) is 11.3. The molecule has 0 spiro atoms. The molecule has 0 aliphatic heterocycles. The van der Waals surface area contributed by atoms with Crippen LogP contribution in [0.2, 0.25) is 0 Å². The van der Waals surface area contributed by atoms with Gasteiger partial charge in [0.1, 0.15) is 0 Å². The lowest BCUT2D eigenvalue weighted by molar-refractivity contribution is -0.118. The van der Waals surface area contributed by atoms with Gasteiger partial charge in [-0.25, -0.2) is 0 Å². The van der Waals surface area contributed by atoms with Crippen molar-refractivity contribution < 1.29 is 9.47 Å². The van der Waals surface area contributed by atoms with Gasteiger partial charge in [-0.1, -0.05) is 12.8 Å². The Morgan fingerprint density at radius 3 is 2.47 bits per heavy atom. The SMILES string of the molecule is CNCC1(OC2CCCC(OC)C2)CCCC1. The molecule has 100 valence electrons. The Kier molecular flexibility index (Phi) is 4.83. The summed E-state index contributed by atoms with van der Waals surface area (Å²) < 4.78 is 12.0. The lowest BCUT2D eigenvalue weighted by Crippen LogP contribution is -2.44. The van der Waals surface area contributed by atoms with Crippen LogP contribution >= 0.6 is 0 Å². The molecule has 0 saturated heterocycles. The smallest absolute Gasteiger partial charge is 0.0809 e. The average molecular weight is 241 g/mol. The standard InChI is InChI=1S/C14H27NO2/c1-15-11-14(8-3-4-9-14)17-13-7-5-6-12(10-13)16-2/h12-13,15H,3-11H2,1-2H3. The third-order valence-corrected chi connectivity index (χ3v) is 4.34. The first-order chi connectivity index (χ1) is 8.28. The third-order valence-electron chi connectivity index (χ3n) is 4.34. The van der Waals surface area contributed by atoms with E-state index in [2.05, 4.69) is 5.32 Å². The molecule has 17 heavy (non-hydrogen) atoms. The highest BCUT2D eigenvalue weighted by molar-refractivity contribution is 4.90. The molecule has 3 heteroatoms. The van der Waals surface area contributed by atoms with Crippen molar-refractivity contribution in [2.24, 2.45) is 0 Å². The van der Waals surface area contributed by atoms with E-state index in [0.717, 1.165) is 13.0 Å². The minimum atomic E-state index is 0.120. The van der Waals surface area contributed by atoms with Crippen LogP contribution in [0.25, 0.3) is 0 Å². The molecule has 0 bridgehead atoms. The highest BCUT2D eigenvalue weighted by Crippen LogP contribution is 2.36. The van der Waals surface area contributed by atoms with Crippen molar-refractivity contribution in [3.05, 3.63) is 0 Å². The van der Waals surface area contributed by atoms with Crippen molar-refractivity contribution in [2.45, 2.75) is 69.2 Å². The summed E-state index contributed by atoms with van der Waals surface area (Å²) in [6, 6.07) is 0. The molecule has 0 heterocycles. The van der Waals surface area contributed by atoms with Crippen LogP contribution in [-0.4, -0.2) is 38.5 Å². The maximum absolute atomic E-state index is 6.47. The zero-order chi connectivity index (χ0) is 12.1. The van der Waals surface area contributed by atoms with Crippen LogP contribution in [0.15, 0.2) is 0 Å². The van der Waals surface area contributed by atoms with Crippen molar-refractivity contribution in [1.29, 1.82) is 0 Å². The Morgan fingerprint density at radius 1 is 1.12 bits per heavy atom. The molecule has 3 nitrogen and oxygen atoms in total. The summed E-state index contributed by atoms with van der Waals surface area (Å²) in [5.74, 6) is 0. The fourth-order valence-electron chi connectivity index (χ4n) is 3.45. The summed E-state index contributed by atoms with van der Waals surface area (Å²) in [7, 11) is 3.86. The fraction of sp³-hybridized carbons (Fsp3) is 1.00. The van der Waals surface area contributed by atoms with Crippen LogP contribution < -0.4 is 5.32 Å². The van der Waals surface area contributed by atoms with Crippen LogP contribution in [0.5, 0.6) is 0 Å². The minimum Gasteiger partial charge on any atom is -0.381 e. The molecule has 0 amide bonds. The van der Waals surface area contributed by atoms with Crippen molar-refractivity contribution in [2.75, 3.05) is 20.7 Å². The van der Waals surface area contributed by atoms with Crippen LogP contribution in [0.1, 0.15) is 51.4 Å². The van der Waals surface area contributed by atoms with Crippen molar-refractivity contribution in [1.82, 2.24) is 5.32 Å². The summed E-state index contributed by atoms with van der Waals surface area (Å²) in [4.78, 5) is 0. The van der Waals surface area contributed by atoms with E-state index in [9.17, 15) is 0 Å². The second-order valence-electron chi connectivity index (χ2n) is 5.68. The van der Waals surface area contributed by atoms with E-state index in [4.69, 9.17) is 9.47 Å². The van der Waals surface area contributed by atoms with Gasteiger partial charge in [-0.05, 0) is 45.6 Å². The molecule has 2 atom stereocenters. The van der Waals surface area contributed by atoms with E-state index in [-0.39, 0.29) is 5.60 Å². The Balaban J connectivity index is 1.88. The number of methoxy groups -OCH3 is 1. The van der Waals surface area contributed by atoms with Gasteiger partial charge in [-0.2, -0.15) is 0 Å². The molecule has 2 saturated carbocycles. The van der Waals surface area contributed by atoms with Crippen LogP contribution in [0.3, 0.4) is 0 Å². The van der Waals surface area contributed by atoms with Gasteiger partial charge in [0.2, 0.25) is 0 Å². The minimum absolute atomic E-state index is 0.120. The molecular weight excluding hydrogens is 214 g/mol. The predicted octanol–water partition coefficient (Wildman–Crippen LogP) is 2.49. The average Bonchev–Trinajstić information content (AvgIpc) is 2.78. The van der Waals surface area contributed by atoms with Crippen LogP contribution in [0, 0.1) is 0 Å². The van der Waals surface area contributed by atoms with Crippen molar-refractivity contribution in [3.8, 4) is 0 Å². The molecule has 1 N–H and O–H groups in total. The molecule has 2 fully saturated rings. The zero-order valence-corrected chi connectivity index (χ0v) is 11.3. The van der Waals surface area contributed by atoms with Crippen LogP contribution in [-0.2, 0) is 9.47 Å². The number of ether oxygens (including phenoxy) is 2. The van der Waals surface area contributed by atoms with Gasteiger partial charge < -0.3 is 14.8 Å². The fourth-order valence-corrected chi connectivity index (χ4v) is 3.45. The molecular formula is C14H27NO2. The Morgan fingerprint density at radius 2 is 1.82 bits per heavy atom. The maximum Gasteiger partial charge on any atom is 0.0809 e. The first-order valence-electron chi connectivity index (χ1n) is 7.13. The summed E-state index contributed by atoms with van der Waals surface area (Å²) in [6.45, 7) is 1.00. The molecule has 2 aliphatic rings. The van der Waals surface area contributed by atoms with Crippen molar-refractivity contribution in [3.63, 3.8) is 0 Å². The first kappa shape index (κ1) is 13.3. The molecule has 0 radical (unpaired) electrons. The largest absolute Gasteiger partial charge is 0.381 e. The van der Waals surface area contributed by atoms with E-state index >= 15 is 0 Å². The van der Waals surface area contributed by atoms with Gasteiger partial charge in [0.15, 0.2) is 0 Å².